The van der Waals surface area contributed by atoms with Crippen LogP contribution in [0, 0.1) is 5.92 Å². The number of carbonyl (C=O) groups excluding carboxylic acids is 1. The Morgan fingerprint density at radius 2 is 1.94 bits per heavy atom. The van der Waals surface area contributed by atoms with Crippen molar-refractivity contribution in [3.8, 4) is 0 Å². The lowest BCUT2D eigenvalue weighted by molar-refractivity contribution is -0.123. The molecule has 0 spiro atoms. The van der Waals surface area contributed by atoms with Crippen LogP contribution >= 0.6 is 0 Å². The third-order valence-electron chi connectivity index (χ3n) is 3.71. The van der Waals surface area contributed by atoms with Crippen molar-refractivity contribution in [1.29, 1.82) is 0 Å². The van der Waals surface area contributed by atoms with E-state index in [4.69, 9.17) is 10.8 Å². The van der Waals surface area contributed by atoms with Crippen LogP contribution in [-0.2, 0) is 4.79 Å². The molecule has 1 fully saturated rings. The van der Waals surface area contributed by atoms with E-state index < -0.39 is 0 Å². The van der Waals surface area contributed by atoms with Gasteiger partial charge < -0.3 is 16.2 Å². The molecule has 0 saturated heterocycles. The maximum absolute atomic E-state index is 11.9. The molecular weight excluding hydrogens is 216 g/mol. The fourth-order valence-electron chi connectivity index (χ4n) is 2.43. The molecule has 100 valence electrons. The van der Waals surface area contributed by atoms with Crippen molar-refractivity contribution in [3.63, 3.8) is 0 Å². The van der Waals surface area contributed by atoms with E-state index in [-0.39, 0.29) is 30.0 Å². The molecule has 4 heteroatoms. The van der Waals surface area contributed by atoms with Crippen LogP contribution in [-0.4, -0.2) is 29.2 Å². The minimum Gasteiger partial charge on any atom is -0.394 e. The molecule has 0 radical (unpaired) electrons. The molecule has 1 unspecified atom stereocenters. The summed E-state index contributed by atoms with van der Waals surface area (Å²) in [5.41, 5.74) is 5.91. The Kier molecular flexibility index (Phi) is 5.40. The van der Waals surface area contributed by atoms with E-state index in [1.54, 1.807) is 0 Å². The van der Waals surface area contributed by atoms with Gasteiger partial charge in [0.1, 0.15) is 0 Å². The second-order valence-electron chi connectivity index (χ2n) is 5.70. The van der Waals surface area contributed by atoms with Crippen molar-refractivity contribution >= 4 is 5.91 Å². The van der Waals surface area contributed by atoms with Crippen molar-refractivity contribution < 1.29 is 9.90 Å². The predicted octanol–water partition coefficient (Wildman–Crippen LogP) is 1.17. The lowest BCUT2D eigenvalue weighted by Crippen LogP contribution is -2.49. The monoisotopic (exact) mass is 242 g/mol. The Balaban J connectivity index is 2.42. The van der Waals surface area contributed by atoms with Gasteiger partial charge in [0, 0.05) is 12.0 Å². The first kappa shape index (κ1) is 14.5. The maximum atomic E-state index is 11.9. The van der Waals surface area contributed by atoms with Crippen LogP contribution in [0.5, 0.6) is 0 Å². The zero-order valence-corrected chi connectivity index (χ0v) is 11.0. The van der Waals surface area contributed by atoms with Gasteiger partial charge in [-0.25, -0.2) is 0 Å². The topological polar surface area (TPSA) is 75.3 Å². The van der Waals surface area contributed by atoms with E-state index in [0.717, 1.165) is 25.7 Å². The standard InChI is InChI=1S/C13H26N2O2/c1-10(2)11(9-16)15-12(17)8-13(14)6-4-3-5-7-13/h10-11,16H,3-9,14H2,1-2H3,(H,15,17). The molecule has 1 aliphatic carbocycles. The van der Waals surface area contributed by atoms with Gasteiger partial charge in [-0.15, -0.1) is 0 Å². The van der Waals surface area contributed by atoms with Crippen LogP contribution in [0.2, 0.25) is 0 Å². The quantitative estimate of drug-likeness (QED) is 0.677. The number of rotatable bonds is 5. The van der Waals surface area contributed by atoms with E-state index in [0.29, 0.717) is 6.42 Å². The molecule has 1 atom stereocenters. The highest BCUT2D eigenvalue weighted by Crippen LogP contribution is 2.28. The Bertz CT molecular complexity index is 248. The molecule has 0 aromatic heterocycles. The lowest BCUT2D eigenvalue weighted by Gasteiger charge is -2.33. The zero-order valence-electron chi connectivity index (χ0n) is 11.0. The van der Waals surface area contributed by atoms with E-state index >= 15 is 0 Å². The number of hydrogen-bond donors (Lipinski definition) is 3. The molecule has 0 aromatic carbocycles. The van der Waals surface area contributed by atoms with Gasteiger partial charge in [0.25, 0.3) is 0 Å². The third-order valence-corrected chi connectivity index (χ3v) is 3.71. The number of nitrogens with two attached hydrogens (primary N) is 1. The van der Waals surface area contributed by atoms with E-state index in [1.165, 1.54) is 6.42 Å². The summed E-state index contributed by atoms with van der Waals surface area (Å²) >= 11 is 0. The molecule has 1 aliphatic rings. The highest BCUT2D eigenvalue weighted by atomic mass is 16.3. The average Bonchev–Trinajstić information content (AvgIpc) is 2.25. The predicted molar refractivity (Wildman–Crippen MR) is 68.5 cm³/mol. The molecule has 4 N–H and O–H groups in total. The smallest absolute Gasteiger partial charge is 0.222 e. The van der Waals surface area contributed by atoms with Gasteiger partial charge in [0.2, 0.25) is 5.91 Å². The summed E-state index contributed by atoms with van der Waals surface area (Å²) in [4.78, 5) is 11.9. The summed E-state index contributed by atoms with van der Waals surface area (Å²) in [7, 11) is 0. The van der Waals surface area contributed by atoms with Gasteiger partial charge in [0.15, 0.2) is 0 Å². The molecule has 1 rings (SSSR count). The van der Waals surface area contributed by atoms with Gasteiger partial charge in [-0.3, -0.25) is 4.79 Å². The summed E-state index contributed by atoms with van der Waals surface area (Å²) in [6.45, 7) is 3.96. The molecule has 4 nitrogen and oxygen atoms in total. The summed E-state index contributed by atoms with van der Waals surface area (Å²) in [6, 6.07) is -0.158. The van der Waals surface area contributed by atoms with Crippen LogP contribution < -0.4 is 11.1 Å². The van der Waals surface area contributed by atoms with Crippen molar-refractivity contribution in [2.24, 2.45) is 11.7 Å². The van der Waals surface area contributed by atoms with Crippen LogP contribution in [0.1, 0.15) is 52.4 Å². The molecule has 0 aliphatic heterocycles. The summed E-state index contributed by atoms with van der Waals surface area (Å²) in [6.07, 6.45) is 5.73. The van der Waals surface area contributed by atoms with Crippen LogP contribution in [0.4, 0.5) is 0 Å². The Labute approximate surface area is 104 Å². The molecule has 0 aromatic rings. The normalized spacial score (nSPS) is 21.2. The fraction of sp³-hybridized carbons (Fsp3) is 0.923. The third kappa shape index (κ3) is 4.64. The largest absolute Gasteiger partial charge is 0.394 e. The number of carbonyl (C=O) groups is 1. The van der Waals surface area contributed by atoms with Crippen LogP contribution in [0.25, 0.3) is 0 Å². The first-order chi connectivity index (χ1) is 7.97. The number of nitrogens with one attached hydrogen (secondary N) is 1. The Morgan fingerprint density at radius 1 is 1.35 bits per heavy atom. The fourth-order valence-corrected chi connectivity index (χ4v) is 2.43. The van der Waals surface area contributed by atoms with Crippen LogP contribution in [0.3, 0.4) is 0 Å². The van der Waals surface area contributed by atoms with Gasteiger partial charge in [-0.05, 0) is 18.8 Å². The SMILES string of the molecule is CC(C)C(CO)NC(=O)CC1(N)CCCCC1. The molecule has 1 saturated carbocycles. The molecule has 0 heterocycles. The number of aliphatic hydroxyl groups is 1. The summed E-state index contributed by atoms with van der Waals surface area (Å²) < 4.78 is 0. The number of amides is 1. The molecular formula is C13H26N2O2. The van der Waals surface area contributed by atoms with Gasteiger partial charge in [-0.2, -0.15) is 0 Å². The van der Waals surface area contributed by atoms with Gasteiger partial charge in [-0.1, -0.05) is 33.1 Å². The minimum absolute atomic E-state index is 0.0129. The Hall–Kier alpha value is -0.610. The number of aliphatic hydroxyl groups excluding tert-OH is 1. The van der Waals surface area contributed by atoms with Crippen molar-refractivity contribution in [3.05, 3.63) is 0 Å². The molecule has 17 heavy (non-hydrogen) atoms. The second-order valence-corrected chi connectivity index (χ2v) is 5.70. The molecule has 1 amide bonds. The highest BCUT2D eigenvalue weighted by molar-refractivity contribution is 5.77. The Morgan fingerprint density at radius 3 is 2.41 bits per heavy atom. The van der Waals surface area contributed by atoms with E-state index in [9.17, 15) is 4.79 Å². The van der Waals surface area contributed by atoms with Crippen molar-refractivity contribution in [1.82, 2.24) is 5.32 Å². The van der Waals surface area contributed by atoms with Gasteiger partial charge >= 0.3 is 0 Å². The average molecular weight is 242 g/mol. The zero-order chi connectivity index (χ0) is 12.9. The first-order valence-corrected chi connectivity index (χ1v) is 6.66. The van der Waals surface area contributed by atoms with Gasteiger partial charge in [0.05, 0.1) is 12.6 Å². The first-order valence-electron chi connectivity index (χ1n) is 6.66. The molecule has 0 bridgehead atoms. The summed E-state index contributed by atoms with van der Waals surface area (Å²) in [5.74, 6) is 0.214. The highest BCUT2D eigenvalue weighted by Gasteiger charge is 2.30. The van der Waals surface area contributed by atoms with E-state index in [1.807, 2.05) is 13.8 Å². The number of hydrogen-bond acceptors (Lipinski definition) is 3. The van der Waals surface area contributed by atoms with E-state index in [2.05, 4.69) is 5.32 Å². The minimum atomic E-state index is -0.320. The lowest BCUT2D eigenvalue weighted by atomic mass is 9.80. The second kappa shape index (κ2) is 6.36. The maximum Gasteiger partial charge on any atom is 0.222 e. The van der Waals surface area contributed by atoms with Crippen molar-refractivity contribution in [2.75, 3.05) is 6.61 Å². The van der Waals surface area contributed by atoms with Crippen molar-refractivity contribution in [2.45, 2.75) is 64.0 Å². The van der Waals surface area contributed by atoms with Crippen LogP contribution in [0.15, 0.2) is 0 Å². The summed E-state index contributed by atoms with van der Waals surface area (Å²) in [5, 5.41) is 12.0.